The molecule has 0 aromatic carbocycles. The van der Waals surface area contributed by atoms with Crippen molar-refractivity contribution >= 4 is 0 Å². The van der Waals surface area contributed by atoms with Gasteiger partial charge in [0.05, 0.1) is 12.6 Å². The fraction of sp³-hybridized carbons (Fsp3) is 0.600. The zero-order valence-electron chi connectivity index (χ0n) is 8.73. The first-order valence-corrected chi connectivity index (χ1v) is 4.87. The van der Waals surface area contributed by atoms with Gasteiger partial charge in [0.2, 0.25) is 0 Å². The summed E-state index contributed by atoms with van der Waals surface area (Å²) in [6.07, 6.45) is 4.59. The number of nitrogens with one attached hydrogen (secondary N) is 1. The predicted octanol–water partition coefficient (Wildman–Crippen LogP) is 1.16. The van der Waals surface area contributed by atoms with Crippen LogP contribution in [0.25, 0.3) is 0 Å². The summed E-state index contributed by atoms with van der Waals surface area (Å²) in [6, 6.07) is 1.91. The predicted molar refractivity (Wildman–Crippen MR) is 54.9 cm³/mol. The quantitative estimate of drug-likeness (QED) is 0.740. The van der Waals surface area contributed by atoms with Gasteiger partial charge in [0.15, 0.2) is 0 Å². The Hall–Kier alpha value is -1.00. The van der Waals surface area contributed by atoms with E-state index in [9.17, 15) is 0 Å². The average molecular weight is 195 g/mol. The molecule has 0 radical (unpaired) electrons. The van der Waals surface area contributed by atoms with Crippen molar-refractivity contribution in [1.29, 1.82) is 0 Å². The third-order valence-electron chi connectivity index (χ3n) is 1.87. The summed E-state index contributed by atoms with van der Waals surface area (Å²) in [5.41, 5.74) is 0. The van der Waals surface area contributed by atoms with Crippen molar-refractivity contribution in [2.45, 2.75) is 19.4 Å². The van der Waals surface area contributed by atoms with Gasteiger partial charge in [-0.3, -0.25) is 0 Å². The molecule has 0 fully saturated rings. The lowest BCUT2D eigenvalue weighted by Crippen LogP contribution is -2.27. The Labute approximate surface area is 84.7 Å². The number of rotatable bonds is 6. The van der Waals surface area contributed by atoms with Crippen LogP contribution >= 0.6 is 0 Å². The smallest absolute Gasteiger partial charge is 0.147 e. The minimum atomic E-state index is 0.0983. The van der Waals surface area contributed by atoms with E-state index in [0.717, 1.165) is 18.8 Å². The highest BCUT2D eigenvalue weighted by Gasteiger charge is 2.11. The fourth-order valence-corrected chi connectivity index (χ4v) is 1.20. The second-order valence-electron chi connectivity index (χ2n) is 3.07. The van der Waals surface area contributed by atoms with Crippen molar-refractivity contribution in [2.24, 2.45) is 0 Å². The van der Waals surface area contributed by atoms with Gasteiger partial charge in [0.25, 0.3) is 0 Å². The first-order chi connectivity index (χ1) is 6.88. The number of nitrogens with zero attached hydrogens (tertiary/aromatic N) is 2. The molecule has 0 aliphatic heterocycles. The van der Waals surface area contributed by atoms with Crippen LogP contribution in [0.2, 0.25) is 0 Å². The van der Waals surface area contributed by atoms with Gasteiger partial charge in [-0.05, 0) is 19.0 Å². The molecule has 1 aromatic heterocycles. The fourth-order valence-electron chi connectivity index (χ4n) is 1.20. The molecule has 1 heterocycles. The van der Waals surface area contributed by atoms with Gasteiger partial charge in [-0.1, -0.05) is 6.92 Å². The summed E-state index contributed by atoms with van der Waals surface area (Å²) in [5, 5.41) is 3.34. The van der Waals surface area contributed by atoms with E-state index in [1.54, 1.807) is 19.5 Å². The molecule has 1 rings (SSSR count). The minimum Gasteiger partial charge on any atom is -0.383 e. The van der Waals surface area contributed by atoms with Gasteiger partial charge in [-0.25, -0.2) is 9.97 Å². The second kappa shape index (κ2) is 6.45. The molecule has 1 N–H and O–H groups in total. The minimum absolute atomic E-state index is 0.0983. The SMILES string of the molecule is CCCNC(COC)c1ncccn1. The molecular formula is C10H17N3O. The van der Waals surface area contributed by atoms with Gasteiger partial charge < -0.3 is 10.1 Å². The zero-order chi connectivity index (χ0) is 10.2. The Balaban J connectivity index is 2.58. The van der Waals surface area contributed by atoms with E-state index in [-0.39, 0.29) is 6.04 Å². The maximum Gasteiger partial charge on any atom is 0.147 e. The van der Waals surface area contributed by atoms with Crippen LogP contribution in [0.3, 0.4) is 0 Å². The van der Waals surface area contributed by atoms with Gasteiger partial charge >= 0.3 is 0 Å². The molecule has 0 saturated carbocycles. The van der Waals surface area contributed by atoms with E-state index in [4.69, 9.17) is 4.74 Å². The Bertz CT molecular complexity index is 240. The topological polar surface area (TPSA) is 47.0 Å². The molecule has 78 valence electrons. The van der Waals surface area contributed by atoms with E-state index >= 15 is 0 Å². The molecule has 1 atom stereocenters. The summed E-state index contributed by atoms with van der Waals surface area (Å²) in [6.45, 7) is 3.68. The Morgan fingerprint density at radius 3 is 2.71 bits per heavy atom. The van der Waals surface area contributed by atoms with E-state index in [0.29, 0.717) is 6.61 Å². The lowest BCUT2D eigenvalue weighted by molar-refractivity contribution is 0.163. The lowest BCUT2D eigenvalue weighted by Gasteiger charge is -2.15. The number of ether oxygens (including phenoxy) is 1. The maximum absolute atomic E-state index is 5.11. The normalized spacial score (nSPS) is 12.7. The molecule has 0 amide bonds. The number of hydrogen-bond acceptors (Lipinski definition) is 4. The number of aromatic nitrogens is 2. The van der Waals surface area contributed by atoms with Crippen molar-refractivity contribution in [2.75, 3.05) is 20.3 Å². The van der Waals surface area contributed by atoms with Gasteiger partial charge in [0.1, 0.15) is 5.82 Å². The van der Waals surface area contributed by atoms with Crippen LogP contribution in [-0.2, 0) is 4.74 Å². The Morgan fingerprint density at radius 2 is 2.14 bits per heavy atom. The van der Waals surface area contributed by atoms with Crippen molar-refractivity contribution in [3.05, 3.63) is 24.3 Å². The van der Waals surface area contributed by atoms with Crippen LogP contribution in [0.15, 0.2) is 18.5 Å². The van der Waals surface area contributed by atoms with Crippen molar-refractivity contribution in [3.63, 3.8) is 0 Å². The Morgan fingerprint density at radius 1 is 1.43 bits per heavy atom. The summed E-state index contributed by atoms with van der Waals surface area (Å²) in [5.74, 6) is 0.794. The highest BCUT2D eigenvalue weighted by molar-refractivity contribution is 4.95. The van der Waals surface area contributed by atoms with Gasteiger partial charge in [-0.15, -0.1) is 0 Å². The van der Waals surface area contributed by atoms with Crippen LogP contribution in [0.5, 0.6) is 0 Å². The van der Waals surface area contributed by atoms with Gasteiger partial charge in [-0.2, -0.15) is 0 Å². The van der Waals surface area contributed by atoms with E-state index in [1.807, 2.05) is 6.07 Å². The molecule has 1 aromatic rings. The standard InChI is InChI=1S/C10H17N3O/c1-3-5-11-9(8-14-2)10-12-6-4-7-13-10/h4,6-7,9,11H,3,5,8H2,1-2H3. The van der Waals surface area contributed by atoms with E-state index in [2.05, 4.69) is 22.2 Å². The van der Waals surface area contributed by atoms with Crippen LogP contribution in [0, 0.1) is 0 Å². The van der Waals surface area contributed by atoms with E-state index < -0.39 is 0 Å². The molecule has 4 heteroatoms. The molecule has 0 saturated heterocycles. The highest BCUT2D eigenvalue weighted by Crippen LogP contribution is 2.06. The molecular weight excluding hydrogens is 178 g/mol. The van der Waals surface area contributed by atoms with Crippen molar-refractivity contribution in [1.82, 2.24) is 15.3 Å². The number of hydrogen-bond donors (Lipinski definition) is 1. The first-order valence-electron chi connectivity index (χ1n) is 4.87. The maximum atomic E-state index is 5.11. The molecule has 0 spiro atoms. The highest BCUT2D eigenvalue weighted by atomic mass is 16.5. The molecule has 0 aliphatic carbocycles. The van der Waals surface area contributed by atoms with Crippen LogP contribution in [0.1, 0.15) is 25.2 Å². The molecule has 0 aliphatic rings. The second-order valence-corrected chi connectivity index (χ2v) is 3.07. The van der Waals surface area contributed by atoms with Crippen LogP contribution in [0.4, 0.5) is 0 Å². The summed E-state index contributed by atoms with van der Waals surface area (Å²) >= 11 is 0. The average Bonchev–Trinajstić information content (AvgIpc) is 2.25. The number of methoxy groups -OCH3 is 1. The lowest BCUT2D eigenvalue weighted by atomic mass is 10.2. The van der Waals surface area contributed by atoms with Crippen molar-refractivity contribution < 1.29 is 4.74 Å². The molecule has 1 unspecified atom stereocenters. The van der Waals surface area contributed by atoms with Crippen LogP contribution in [-0.4, -0.2) is 30.2 Å². The zero-order valence-corrected chi connectivity index (χ0v) is 8.73. The largest absolute Gasteiger partial charge is 0.383 e. The first kappa shape index (κ1) is 11.1. The van der Waals surface area contributed by atoms with Crippen LogP contribution < -0.4 is 5.32 Å². The summed E-state index contributed by atoms with van der Waals surface area (Å²) < 4.78 is 5.11. The van der Waals surface area contributed by atoms with Gasteiger partial charge in [0, 0.05) is 19.5 Å². The van der Waals surface area contributed by atoms with Crippen molar-refractivity contribution in [3.8, 4) is 0 Å². The molecule has 0 bridgehead atoms. The Kier molecular flexibility index (Phi) is 5.11. The third-order valence-corrected chi connectivity index (χ3v) is 1.87. The molecule has 14 heavy (non-hydrogen) atoms. The molecule has 4 nitrogen and oxygen atoms in total. The summed E-state index contributed by atoms with van der Waals surface area (Å²) in [4.78, 5) is 8.39. The monoisotopic (exact) mass is 195 g/mol. The van der Waals surface area contributed by atoms with E-state index in [1.165, 1.54) is 0 Å². The summed E-state index contributed by atoms with van der Waals surface area (Å²) in [7, 11) is 1.68. The third kappa shape index (κ3) is 3.40.